The van der Waals surface area contributed by atoms with Gasteiger partial charge < -0.3 is 5.73 Å². The number of hydrogen-bond acceptors (Lipinski definition) is 1. The highest BCUT2D eigenvalue weighted by molar-refractivity contribution is 5.96. The van der Waals surface area contributed by atoms with Crippen molar-refractivity contribution in [3.05, 3.63) is 35.5 Å². The van der Waals surface area contributed by atoms with Crippen molar-refractivity contribution in [3.63, 3.8) is 0 Å². The van der Waals surface area contributed by atoms with Crippen molar-refractivity contribution in [2.45, 2.75) is 6.42 Å². The summed E-state index contributed by atoms with van der Waals surface area (Å²) >= 11 is 0. The van der Waals surface area contributed by atoms with Crippen LogP contribution in [0.2, 0.25) is 0 Å². The monoisotopic (exact) mass is 171 g/mol. The van der Waals surface area contributed by atoms with Gasteiger partial charge in [0.2, 0.25) is 0 Å². The number of halogens is 2. The summed E-state index contributed by atoms with van der Waals surface area (Å²) in [6.07, 6.45) is 3.66. The van der Waals surface area contributed by atoms with Gasteiger partial charge in [-0.05, 0) is 6.08 Å². The van der Waals surface area contributed by atoms with Gasteiger partial charge in [-0.3, -0.25) is 4.79 Å². The van der Waals surface area contributed by atoms with Crippen LogP contribution in [-0.2, 0) is 4.79 Å². The Morgan fingerprint density at radius 3 is 2.75 bits per heavy atom. The second-order valence-corrected chi connectivity index (χ2v) is 2.29. The molecule has 1 rings (SSSR count). The molecular weight excluding hydrogens is 164 g/mol. The van der Waals surface area contributed by atoms with Crippen LogP contribution in [0.5, 0.6) is 0 Å². The topological polar surface area (TPSA) is 43.1 Å². The fraction of sp³-hybridized carbons (Fsp3) is 0.125. The second kappa shape index (κ2) is 3.30. The first-order valence-electron chi connectivity index (χ1n) is 3.34. The van der Waals surface area contributed by atoms with E-state index in [1.54, 1.807) is 0 Å². The molecule has 0 saturated carbocycles. The number of rotatable bonds is 1. The minimum Gasteiger partial charge on any atom is -0.365 e. The van der Waals surface area contributed by atoms with Gasteiger partial charge in [0.15, 0.2) is 0 Å². The number of carbonyl (C=O) groups excluding carboxylic acids is 1. The van der Waals surface area contributed by atoms with Gasteiger partial charge >= 0.3 is 0 Å². The summed E-state index contributed by atoms with van der Waals surface area (Å²) in [4.78, 5) is 10.5. The van der Waals surface area contributed by atoms with Crippen molar-refractivity contribution in [2.24, 2.45) is 5.73 Å². The highest BCUT2D eigenvalue weighted by Gasteiger charge is 2.17. The minimum atomic E-state index is -1.08. The molecule has 0 heterocycles. The van der Waals surface area contributed by atoms with E-state index < -0.39 is 23.1 Å². The number of allylic oxidation sites excluding steroid dienone is 4. The highest BCUT2D eigenvalue weighted by atomic mass is 19.1. The third-order valence-electron chi connectivity index (χ3n) is 1.43. The first kappa shape index (κ1) is 8.64. The third-order valence-corrected chi connectivity index (χ3v) is 1.43. The predicted molar refractivity (Wildman–Crippen MR) is 40.3 cm³/mol. The molecule has 64 valence electrons. The summed E-state index contributed by atoms with van der Waals surface area (Å²) in [5, 5.41) is 0. The Bertz CT molecular complexity index is 302. The molecule has 2 nitrogen and oxygen atoms in total. The van der Waals surface area contributed by atoms with Crippen molar-refractivity contribution < 1.29 is 13.6 Å². The molecule has 0 unspecified atom stereocenters. The standard InChI is InChI=1S/C8H7F2NO/c9-5-3-1-2-4-6(10)7(5)8(11)12/h1-3H,4H2,(H2,11,12). The van der Waals surface area contributed by atoms with Crippen LogP contribution in [0.3, 0.4) is 0 Å². The zero-order chi connectivity index (χ0) is 9.14. The molecule has 1 amide bonds. The number of primary amides is 1. The van der Waals surface area contributed by atoms with E-state index in [9.17, 15) is 13.6 Å². The molecule has 0 atom stereocenters. The van der Waals surface area contributed by atoms with Crippen molar-refractivity contribution >= 4 is 5.91 Å². The average molecular weight is 171 g/mol. The Balaban J connectivity index is 3.14. The number of amides is 1. The van der Waals surface area contributed by atoms with Crippen LogP contribution in [0.4, 0.5) is 8.78 Å². The van der Waals surface area contributed by atoms with Gasteiger partial charge in [-0.15, -0.1) is 0 Å². The highest BCUT2D eigenvalue weighted by Crippen LogP contribution is 2.22. The van der Waals surface area contributed by atoms with E-state index >= 15 is 0 Å². The van der Waals surface area contributed by atoms with Crippen LogP contribution in [0.25, 0.3) is 0 Å². The van der Waals surface area contributed by atoms with Crippen molar-refractivity contribution in [1.82, 2.24) is 0 Å². The molecule has 0 aromatic heterocycles. The first-order chi connectivity index (χ1) is 5.63. The van der Waals surface area contributed by atoms with E-state index in [0.717, 1.165) is 6.08 Å². The van der Waals surface area contributed by atoms with E-state index in [-0.39, 0.29) is 6.42 Å². The SMILES string of the molecule is NC(=O)C1=C(F)CC=CC=C1F. The summed E-state index contributed by atoms with van der Waals surface area (Å²) < 4.78 is 25.7. The van der Waals surface area contributed by atoms with Crippen LogP contribution in [0.15, 0.2) is 35.5 Å². The van der Waals surface area contributed by atoms with Gasteiger partial charge in [0.25, 0.3) is 5.91 Å². The maximum absolute atomic E-state index is 12.9. The van der Waals surface area contributed by atoms with Crippen molar-refractivity contribution in [3.8, 4) is 0 Å². The molecule has 0 aliphatic heterocycles. The number of nitrogens with two attached hydrogens (primary N) is 1. The Morgan fingerprint density at radius 2 is 2.17 bits per heavy atom. The molecule has 0 bridgehead atoms. The Kier molecular flexibility index (Phi) is 2.38. The number of hydrogen-bond donors (Lipinski definition) is 1. The Hall–Kier alpha value is -1.45. The Morgan fingerprint density at radius 1 is 1.50 bits per heavy atom. The maximum atomic E-state index is 12.9. The molecule has 4 heteroatoms. The first-order valence-corrected chi connectivity index (χ1v) is 3.34. The van der Waals surface area contributed by atoms with E-state index in [2.05, 4.69) is 0 Å². The zero-order valence-corrected chi connectivity index (χ0v) is 6.18. The zero-order valence-electron chi connectivity index (χ0n) is 6.18. The lowest BCUT2D eigenvalue weighted by molar-refractivity contribution is -0.114. The normalized spacial score (nSPS) is 17.3. The van der Waals surface area contributed by atoms with E-state index in [1.807, 2.05) is 0 Å². The summed E-state index contributed by atoms with van der Waals surface area (Å²) in [6, 6.07) is 0. The summed E-state index contributed by atoms with van der Waals surface area (Å²) in [5.74, 6) is -2.83. The molecule has 0 radical (unpaired) electrons. The molecule has 2 N–H and O–H groups in total. The Labute approximate surface area is 68.1 Å². The molecule has 0 aromatic rings. The summed E-state index contributed by atoms with van der Waals surface area (Å²) in [5.41, 5.74) is 4.12. The fourth-order valence-corrected chi connectivity index (χ4v) is 0.890. The van der Waals surface area contributed by atoms with Crippen LogP contribution in [-0.4, -0.2) is 5.91 Å². The van der Waals surface area contributed by atoms with Gasteiger partial charge in [0.1, 0.15) is 17.2 Å². The molecule has 0 aromatic carbocycles. The van der Waals surface area contributed by atoms with Gasteiger partial charge in [-0.2, -0.15) is 0 Å². The minimum absolute atomic E-state index is 0.0950. The van der Waals surface area contributed by atoms with Crippen LogP contribution in [0.1, 0.15) is 6.42 Å². The van der Waals surface area contributed by atoms with Crippen LogP contribution in [0, 0.1) is 0 Å². The second-order valence-electron chi connectivity index (χ2n) is 2.29. The van der Waals surface area contributed by atoms with E-state index in [4.69, 9.17) is 5.73 Å². The molecule has 12 heavy (non-hydrogen) atoms. The maximum Gasteiger partial charge on any atom is 0.254 e. The lowest BCUT2D eigenvalue weighted by Crippen LogP contribution is -2.15. The molecule has 0 fully saturated rings. The number of carbonyl (C=O) groups is 1. The smallest absolute Gasteiger partial charge is 0.254 e. The molecular formula is C8H7F2NO. The molecule has 0 saturated heterocycles. The third kappa shape index (κ3) is 1.58. The van der Waals surface area contributed by atoms with Crippen LogP contribution >= 0.6 is 0 Å². The van der Waals surface area contributed by atoms with Crippen molar-refractivity contribution in [1.29, 1.82) is 0 Å². The van der Waals surface area contributed by atoms with Gasteiger partial charge in [0.05, 0.1) is 0 Å². The van der Waals surface area contributed by atoms with Crippen molar-refractivity contribution in [2.75, 3.05) is 0 Å². The average Bonchev–Trinajstić information content (AvgIpc) is 2.11. The van der Waals surface area contributed by atoms with E-state index in [0.29, 0.717) is 0 Å². The summed E-state index contributed by atoms with van der Waals surface area (Å²) in [7, 11) is 0. The molecule has 1 aliphatic carbocycles. The predicted octanol–water partition coefficient (Wildman–Crippen LogP) is 1.51. The van der Waals surface area contributed by atoms with Gasteiger partial charge in [-0.25, -0.2) is 8.78 Å². The molecule has 0 spiro atoms. The largest absolute Gasteiger partial charge is 0.365 e. The lowest BCUT2D eigenvalue weighted by atomic mass is 10.2. The van der Waals surface area contributed by atoms with Gasteiger partial charge in [0, 0.05) is 6.42 Å². The fourth-order valence-electron chi connectivity index (χ4n) is 0.890. The van der Waals surface area contributed by atoms with E-state index in [1.165, 1.54) is 12.2 Å². The quantitative estimate of drug-likeness (QED) is 0.638. The lowest BCUT2D eigenvalue weighted by Gasteiger charge is -1.99. The molecule has 1 aliphatic rings. The summed E-state index contributed by atoms with van der Waals surface area (Å²) in [6.45, 7) is 0. The van der Waals surface area contributed by atoms with Crippen LogP contribution < -0.4 is 5.73 Å². The van der Waals surface area contributed by atoms with Gasteiger partial charge in [-0.1, -0.05) is 12.2 Å².